The second-order valence-corrected chi connectivity index (χ2v) is 6.19. The highest BCUT2D eigenvalue weighted by atomic mass is 16.5. The van der Waals surface area contributed by atoms with Crippen LogP contribution >= 0.6 is 0 Å². The highest BCUT2D eigenvalue weighted by Gasteiger charge is 2.29. The zero-order chi connectivity index (χ0) is 16.4. The molecule has 0 aromatic carbocycles. The van der Waals surface area contributed by atoms with E-state index in [0.29, 0.717) is 41.1 Å². The van der Waals surface area contributed by atoms with E-state index in [-0.39, 0.29) is 11.9 Å². The molecule has 2 heterocycles. The van der Waals surface area contributed by atoms with Gasteiger partial charge in [0.2, 0.25) is 11.8 Å². The summed E-state index contributed by atoms with van der Waals surface area (Å²) in [6, 6.07) is 0.176. The molecule has 1 aliphatic carbocycles. The summed E-state index contributed by atoms with van der Waals surface area (Å²) < 4.78 is 10.6. The minimum atomic E-state index is -0.0834. The van der Waals surface area contributed by atoms with E-state index < -0.39 is 0 Å². The molecule has 1 amide bonds. The normalized spacial score (nSPS) is 20.8. The predicted octanol–water partition coefficient (Wildman–Crippen LogP) is 2.38. The van der Waals surface area contributed by atoms with Crippen LogP contribution in [-0.2, 0) is 12.8 Å². The average Bonchev–Trinajstić information content (AvgIpc) is 3.21. The SMILES string of the molecule is CCc1onc(C)c1C(=O)N[C@H]1CC[C@@H](Cc2nnc(C)o2)C1. The van der Waals surface area contributed by atoms with Crippen molar-refractivity contribution < 1.29 is 13.7 Å². The molecule has 0 saturated heterocycles. The molecule has 1 fully saturated rings. The summed E-state index contributed by atoms with van der Waals surface area (Å²) in [4.78, 5) is 12.5. The summed E-state index contributed by atoms with van der Waals surface area (Å²) in [6.07, 6.45) is 4.39. The van der Waals surface area contributed by atoms with Crippen LogP contribution in [0, 0.1) is 19.8 Å². The Bertz CT molecular complexity index is 691. The number of carbonyl (C=O) groups excluding carboxylic acids is 1. The van der Waals surface area contributed by atoms with Gasteiger partial charge in [0, 0.05) is 25.8 Å². The smallest absolute Gasteiger partial charge is 0.257 e. The van der Waals surface area contributed by atoms with Gasteiger partial charge in [0.1, 0.15) is 11.3 Å². The lowest BCUT2D eigenvalue weighted by Crippen LogP contribution is -2.33. The van der Waals surface area contributed by atoms with E-state index in [4.69, 9.17) is 8.94 Å². The van der Waals surface area contributed by atoms with E-state index in [9.17, 15) is 4.79 Å². The molecule has 0 radical (unpaired) electrons. The zero-order valence-corrected chi connectivity index (χ0v) is 13.8. The largest absolute Gasteiger partial charge is 0.426 e. The summed E-state index contributed by atoms with van der Waals surface area (Å²) in [5, 5.41) is 14.9. The standard InChI is InChI=1S/C16H22N4O3/c1-4-13-15(9(2)20-23-13)16(21)17-12-6-5-11(7-12)8-14-19-18-10(3)22-14/h11-12H,4-8H2,1-3H3,(H,17,21)/t11-,12+/m1/s1. The first-order chi connectivity index (χ1) is 11.1. The fraction of sp³-hybridized carbons (Fsp3) is 0.625. The number of aryl methyl sites for hydroxylation is 3. The van der Waals surface area contributed by atoms with Gasteiger partial charge >= 0.3 is 0 Å². The molecule has 3 rings (SSSR count). The topological polar surface area (TPSA) is 94.1 Å². The van der Waals surface area contributed by atoms with Crippen molar-refractivity contribution in [3.05, 3.63) is 28.8 Å². The number of nitrogens with zero attached hydrogens (tertiary/aromatic N) is 3. The van der Waals surface area contributed by atoms with Crippen LogP contribution in [0.2, 0.25) is 0 Å². The van der Waals surface area contributed by atoms with Crippen molar-refractivity contribution in [2.45, 2.75) is 58.9 Å². The minimum Gasteiger partial charge on any atom is -0.426 e. The lowest BCUT2D eigenvalue weighted by atomic mass is 10.0. The van der Waals surface area contributed by atoms with Crippen LogP contribution in [0.5, 0.6) is 0 Å². The van der Waals surface area contributed by atoms with Gasteiger partial charge in [0.15, 0.2) is 0 Å². The number of carbonyl (C=O) groups is 1. The first kappa shape index (κ1) is 15.7. The third kappa shape index (κ3) is 3.43. The Morgan fingerprint density at radius 1 is 1.30 bits per heavy atom. The Morgan fingerprint density at radius 2 is 2.13 bits per heavy atom. The van der Waals surface area contributed by atoms with Gasteiger partial charge in [-0.05, 0) is 32.1 Å². The molecular weight excluding hydrogens is 296 g/mol. The molecule has 7 heteroatoms. The third-order valence-electron chi connectivity index (χ3n) is 4.39. The van der Waals surface area contributed by atoms with Crippen molar-refractivity contribution in [2.75, 3.05) is 0 Å². The Hall–Kier alpha value is -2.18. The van der Waals surface area contributed by atoms with E-state index in [1.54, 1.807) is 13.8 Å². The number of nitrogens with one attached hydrogen (secondary N) is 1. The first-order valence-corrected chi connectivity index (χ1v) is 8.11. The van der Waals surface area contributed by atoms with Gasteiger partial charge in [-0.25, -0.2) is 0 Å². The van der Waals surface area contributed by atoms with Crippen molar-refractivity contribution in [1.82, 2.24) is 20.7 Å². The lowest BCUT2D eigenvalue weighted by molar-refractivity contribution is 0.0934. The molecule has 2 aromatic rings. The Kier molecular flexibility index (Phi) is 4.45. The fourth-order valence-corrected chi connectivity index (χ4v) is 3.26. The second kappa shape index (κ2) is 6.52. The molecule has 0 spiro atoms. The van der Waals surface area contributed by atoms with Gasteiger partial charge in [-0.3, -0.25) is 4.79 Å². The monoisotopic (exact) mass is 318 g/mol. The number of rotatable bonds is 5. The molecule has 0 aliphatic heterocycles. The van der Waals surface area contributed by atoms with Gasteiger partial charge in [0.25, 0.3) is 5.91 Å². The lowest BCUT2D eigenvalue weighted by Gasteiger charge is -2.13. The van der Waals surface area contributed by atoms with E-state index in [2.05, 4.69) is 20.7 Å². The summed E-state index contributed by atoms with van der Waals surface area (Å²) in [7, 11) is 0. The van der Waals surface area contributed by atoms with Crippen molar-refractivity contribution in [3.8, 4) is 0 Å². The molecule has 1 saturated carbocycles. The third-order valence-corrected chi connectivity index (χ3v) is 4.39. The zero-order valence-electron chi connectivity index (χ0n) is 13.8. The minimum absolute atomic E-state index is 0.0834. The molecule has 124 valence electrons. The van der Waals surface area contributed by atoms with Crippen molar-refractivity contribution in [2.24, 2.45) is 5.92 Å². The van der Waals surface area contributed by atoms with E-state index in [0.717, 1.165) is 25.7 Å². The highest BCUT2D eigenvalue weighted by molar-refractivity contribution is 5.96. The van der Waals surface area contributed by atoms with Crippen molar-refractivity contribution >= 4 is 5.91 Å². The molecule has 7 nitrogen and oxygen atoms in total. The summed E-state index contributed by atoms with van der Waals surface area (Å²) in [6.45, 7) is 5.54. The fourth-order valence-electron chi connectivity index (χ4n) is 3.26. The molecule has 0 unspecified atom stereocenters. The van der Waals surface area contributed by atoms with Crippen molar-refractivity contribution in [3.63, 3.8) is 0 Å². The molecule has 2 atom stereocenters. The van der Waals surface area contributed by atoms with Crippen LogP contribution in [-0.4, -0.2) is 27.3 Å². The molecule has 2 aromatic heterocycles. The quantitative estimate of drug-likeness (QED) is 0.909. The van der Waals surface area contributed by atoms with Gasteiger partial charge in [0.05, 0.1) is 5.69 Å². The van der Waals surface area contributed by atoms with Gasteiger partial charge in [-0.15, -0.1) is 10.2 Å². The maximum atomic E-state index is 12.5. The Morgan fingerprint density at radius 3 is 2.83 bits per heavy atom. The Labute approximate surface area is 134 Å². The molecule has 23 heavy (non-hydrogen) atoms. The van der Waals surface area contributed by atoms with E-state index in [1.165, 1.54) is 0 Å². The van der Waals surface area contributed by atoms with Gasteiger partial charge in [-0.2, -0.15) is 0 Å². The van der Waals surface area contributed by atoms with E-state index in [1.807, 2.05) is 6.92 Å². The van der Waals surface area contributed by atoms with Crippen LogP contribution in [0.15, 0.2) is 8.94 Å². The van der Waals surface area contributed by atoms with Crippen LogP contribution in [0.3, 0.4) is 0 Å². The number of amides is 1. The molecule has 1 aliphatic rings. The first-order valence-electron chi connectivity index (χ1n) is 8.11. The molecule has 0 bridgehead atoms. The summed E-state index contributed by atoms with van der Waals surface area (Å²) in [5.74, 6) is 2.31. The van der Waals surface area contributed by atoms with Crippen molar-refractivity contribution in [1.29, 1.82) is 0 Å². The average molecular weight is 318 g/mol. The van der Waals surface area contributed by atoms with Crippen LogP contribution in [0.25, 0.3) is 0 Å². The maximum Gasteiger partial charge on any atom is 0.257 e. The predicted molar refractivity (Wildman–Crippen MR) is 82.0 cm³/mol. The summed E-state index contributed by atoms with van der Waals surface area (Å²) >= 11 is 0. The molecular formula is C16H22N4O3. The Balaban J connectivity index is 1.57. The molecule has 1 N–H and O–H groups in total. The van der Waals surface area contributed by atoms with Gasteiger partial charge < -0.3 is 14.3 Å². The second-order valence-electron chi connectivity index (χ2n) is 6.19. The van der Waals surface area contributed by atoms with Crippen LogP contribution < -0.4 is 5.32 Å². The van der Waals surface area contributed by atoms with Gasteiger partial charge in [-0.1, -0.05) is 12.1 Å². The summed E-state index contributed by atoms with van der Waals surface area (Å²) in [5.41, 5.74) is 1.23. The van der Waals surface area contributed by atoms with Crippen LogP contribution in [0.1, 0.15) is 59.8 Å². The van der Waals surface area contributed by atoms with Crippen LogP contribution in [0.4, 0.5) is 0 Å². The maximum absolute atomic E-state index is 12.5. The van der Waals surface area contributed by atoms with E-state index >= 15 is 0 Å². The number of aromatic nitrogens is 3. The number of hydrogen-bond donors (Lipinski definition) is 1. The highest BCUT2D eigenvalue weighted by Crippen LogP contribution is 2.29. The number of hydrogen-bond acceptors (Lipinski definition) is 6.